The molecule has 0 aromatic carbocycles. The molecule has 7 rings (SSSR count). The van der Waals surface area contributed by atoms with Gasteiger partial charge in [0.05, 0.1) is 18.6 Å². The minimum Gasteiger partial charge on any atom is -0.461 e. The van der Waals surface area contributed by atoms with Crippen molar-refractivity contribution in [3.8, 4) is 0 Å². The first-order valence-electron chi connectivity index (χ1n) is 12.0. The van der Waals surface area contributed by atoms with Crippen LogP contribution >= 0.6 is 0 Å². The lowest BCUT2D eigenvalue weighted by Gasteiger charge is -2.75. The number of ether oxygens (including phenoxy) is 4. The largest absolute Gasteiger partial charge is 0.461 e. The summed E-state index contributed by atoms with van der Waals surface area (Å²) in [6.07, 6.45) is 1.55. The summed E-state index contributed by atoms with van der Waals surface area (Å²) < 4.78 is 24.0. The van der Waals surface area contributed by atoms with Crippen LogP contribution in [-0.2, 0) is 28.5 Å². The maximum absolute atomic E-state index is 12.5. The highest BCUT2D eigenvalue weighted by molar-refractivity contribution is 5.67. The zero-order valence-corrected chi connectivity index (χ0v) is 19.3. The molecule has 3 spiro atoms. The van der Waals surface area contributed by atoms with Gasteiger partial charge in [0, 0.05) is 31.1 Å². The Morgan fingerprint density at radius 1 is 0.969 bits per heavy atom. The highest BCUT2D eigenvalue weighted by Crippen LogP contribution is 2.80. The Labute approximate surface area is 187 Å². The van der Waals surface area contributed by atoms with Crippen LogP contribution < -0.4 is 0 Å². The van der Waals surface area contributed by atoms with Crippen molar-refractivity contribution in [2.24, 2.45) is 34.0 Å². The van der Waals surface area contributed by atoms with Crippen molar-refractivity contribution in [2.45, 2.75) is 89.5 Å². The summed E-state index contributed by atoms with van der Waals surface area (Å²) in [7, 11) is 0. The summed E-state index contributed by atoms with van der Waals surface area (Å²) in [6.45, 7) is 7.76. The van der Waals surface area contributed by atoms with E-state index in [2.05, 4.69) is 13.8 Å². The fraction of sp³-hybridized carbons (Fsp3) is 0.917. The van der Waals surface area contributed by atoms with Crippen LogP contribution in [0.1, 0.15) is 59.8 Å². The van der Waals surface area contributed by atoms with Gasteiger partial charge in [-0.15, -0.1) is 0 Å². The van der Waals surface area contributed by atoms with Gasteiger partial charge in [-0.25, -0.2) is 0 Å². The number of hydrogen-bond donors (Lipinski definition) is 2. The van der Waals surface area contributed by atoms with Crippen LogP contribution in [0.2, 0.25) is 0 Å². The third kappa shape index (κ3) is 2.10. The molecule has 4 aliphatic carbocycles. The Balaban J connectivity index is 1.61. The van der Waals surface area contributed by atoms with Crippen molar-refractivity contribution in [3.63, 3.8) is 0 Å². The summed E-state index contributed by atoms with van der Waals surface area (Å²) in [5.41, 5.74) is -2.73. The molecule has 3 heterocycles. The van der Waals surface area contributed by atoms with E-state index in [9.17, 15) is 19.8 Å². The Morgan fingerprint density at radius 3 is 2.25 bits per heavy atom. The molecule has 2 N–H and O–H groups in total. The molecule has 7 fully saturated rings. The van der Waals surface area contributed by atoms with Crippen LogP contribution in [0.5, 0.6) is 0 Å². The van der Waals surface area contributed by atoms with Crippen LogP contribution in [0.3, 0.4) is 0 Å². The standard InChI is InChI=1S/C24H34O8/c1-12(25)31-17-14-6-7-15-21-9-5-8-20(3,4)16(21)18(32-13(2)26)24(28,30-10-21)23(15,17)19(27)22(14)11-29-22/h14-19,27-28H,5-11H2,1-4H3/t14-,15+,16-,17-,18+,19-,21-,22+,23-,24-/m1/s1. The number of aliphatic hydroxyl groups is 2. The highest BCUT2D eigenvalue weighted by atomic mass is 16.7. The van der Waals surface area contributed by atoms with E-state index >= 15 is 0 Å². The van der Waals surface area contributed by atoms with Gasteiger partial charge in [0.15, 0.2) is 6.10 Å². The average Bonchev–Trinajstić information content (AvgIpc) is 3.48. The van der Waals surface area contributed by atoms with E-state index in [4.69, 9.17) is 18.9 Å². The summed E-state index contributed by atoms with van der Waals surface area (Å²) in [5.74, 6) is -3.42. The van der Waals surface area contributed by atoms with E-state index in [-0.39, 0.29) is 23.2 Å². The van der Waals surface area contributed by atoms with Crippen molar-refractivity contribution in [3.05, 3.63) is 0 Å². The molecule has 178 valence electrons. The normalized spacial score (nSPS) is 56.3. The molecule has 8 heteroatoms. The Bertz CT molecular complexity index is 881. The van der Waals surface area contributed by atoms with Gasteiger partial charge in [-0.2, -0.15) is 0 Å². The van der Waals surface area contributed by atoms with Crippen LogP contribution in [0.4, 0.5) is 0 Å². The second-order valence-electron chi connectivity index (χ2n) is 11.9. The fourth-order valence-electron chi connectivity index (χ4n) is 9.53. The summed E-state index contributed by atoms with van der Waals surface area (Å²) in [5, 5.41) is 24.4. The van der Waals surface area contributed by atoms with Crippen molar-refractivity contribution >= 4 is 11.9 Å². The minimum atomic E-state index is -1.97. The van der Waals surface area contributed by atoms with E-state index in [1.54, 1.807) is 0 Å². The van der Waals surface area contributed by atoms with E-state index in [1.807, 2.05) is 0 Å². The van der Waals surface area contributed by atoms with Crippen molar-refractivity contribution < 1.29 is 38.7 Å². The number of epoxide rings is 1. The van der Waals surface area contributed by atoms with Gasteiger partial charge in [0.2, 0.25) is 5.79 Å². The SMILES string of the molecule is CC(=O)O[C@@H]1[C@H]2CC[C@H]3[C@]45CCCC(C)(C)[C@H]4[C@H](OC(C)=O)[C@@](O)(OC5)[C@@]13[C@H](O)[C@]21CO1. The quantitative estimate of drug-likeness (QED) is 0.481. The predicted molar refractivity (Wildman–Crippen MR) is 109 cm³/mol. The van der Waals surface area contributed by atoms with Gasteiger partial charge in [-0.3, -0.25) is 9.59 Å². The van der Waals surface area contributed by atoms with Crippen LogP contribution in [0, 0.1) is 34.0 Å². The molecule has 0 aromatic heterocycles. The number of carbonyl (C=O) groups excluding carboxylic acids is 2. The predicted octanol–water partition coefficient (Wildman–Crippen LogP) is 1.55. The average molecular weight is 451 g/mol. The second-order valence-corrected chi connectivity index (χ2v) is 11.9. The molecule has 7 aliphatic rings. The molecule has 0 aromatic rings. The first kappa shape index (κ1) is 21.3. The molecule has 0 unspecified atom stereocenters. The van der Waals surface area contributed by atoms with E-state index < -0.39 is 52.5 Å². The summed E-state index contributed by atoms with van der Waals surface area (Å²) >= 11 is 0. The van der Waals surface area contributed by atoms with Crippen LogP contribution in [0.15, 0.2) is 0 Å². The lowest BCUT2D eigenvalue weighted by molar-refractivity contribution is -0.468. The maximum Gasteiger partial charge on any atom is 0.303 e. The lowest BCUT2D eigenvalue weighted by Crippen LogP contribution is -2.85. The van der Waals surface area contributed by atoms with Crippen molar-refractivity contribution in [1.82, 2.24) is 0 Å². The minimum absolute atomic E-state index is 0.125. The molecule has 10 atom stereocenters. The van der Waals surface area contributed by atoms with Crippen molar-refractivity contribution in [2.75, 3.05) is 13.2 Å². The van der Waals surface area contributed by atoms with E-state index in [1.165, 1.54) is 13.8 Å². The molecule has 4 saturated carbocycles. The number of rotatable bonds is 2. The smallest absolute Gasteiger partial charge is 0.303 e. The van der Waals surface area contributed by atoms with Crippen molar-refractivity contribution in [1.29, 1.82) is 0 Å². The Morgan fingerprint density at radius 2 is 1.62 bits per heavy atom. The topological polar surface area (TPSA) is 115 Å². The monoisotopic (exact) mass is 450 g/mol. The second kappa shape index (κ2) is 6.06. The number of carbonyl (C=O) groups is 2. The third-order valence-corrected chi connectivity index (χ3v) is 10.3. The summed E-state index contributed by atoms with van der Waals surface area (Å²) in [4.78, 5) is 24.5. The zero-order valence-electron chi connectivity index (χ0n) is 19.3. The van der Waals surface area contributed by atoms with Crippen LogP contribution in [0.25, 0.3) is 0 Å². The van der Waals surface area contributed by atoms with Gasteiger partial charge in [0.1, 0.15) is 17.8 Å². The van der Waals surface area contributed by atoms with E-state index in [0.29, 0.717) is 13.2 Å². The molecular weight excluding hydrogens is 416 g/mol. The highest BCUT2D eigenvalue weighted by Gasteiger charge is 2.91. The number of esters is 2. The van der Waals surface area contributed by atoms with Gasteiger partial charge in [-0.05, 0) is 37.0 Å². The Kier molecular flexibility index (Phi) is 4.04. The fourth-order valence-corrected chi connectivity index (χ4v) is 9.53. The van der Waals surface area contributed by atoms with Gasteiger partial charge in [-0.1, -0.05) is 20.3 Å². The first-order valence-corrected chi connectivity index (χ1v) is 12.0. The molecule has 8 nitrogen and oxygen atoms in total. The molecule has 32 heavy (non-hydrogen) atoms. The number of aliphatic hydroxyl groups excluding tert-OH is 1. The van der Waals surface area contributed by atoms with Gasteiger partial charge < -0.3 is 29.2 Å². The molecule has 0 radical (unpaired) electrons. The zero-order chi connectivity index (χ0) is 22.9. The van der Waals surface area contributed by atoms with Crippen LogP contribution in [-0.4, -0.2) is 65.1 Å². The van der Waals surface area contributed by atoms with Gasteiger partial charge >= 0.3 is 11.9 Å². The molecule has 3 aliphatic heterocycles. The maximum atomic E-state index is 12.5. The summed E-state index contributed by atoms with van der Waals surface area (Å²) in [6, 6.07) is 0. The number of hydrogen-bond acceptors (Lipinski definition) is 8. The number of fused-ring (bicyclic) bond motifs is 3. The third-order valence-electron chi connectivity index (χ3n) is 10.3. The Hall–Kier alpha value is -1.22. The molecule has 0 amide bonds. The van der Waals surface area contributed by atoms with E-state index in [0.717, 1.165) is 32.1 Å². The molecule has 4 bridgehead atoms. The molecule has 3 saturated heterocycles. The van der Waals surface area contributed by atoms with Gasteiger partial charge in [0.25, 0.3) is 0 Å². The first-order chi connectivity index (χ1) is 15.0. The lowest BCUT2D eigenvalue weighted by atomic mass is 9.36. The molecular formula is C24H34O8.